The Morgan fingerprint density at radius 3 is 2.57 bits per heavy atom. The van der Waals surface area contributed by atoms with Gasteiger partial charge in [-0.25, -0.2) is 13.4 Å². The minimum absolute atomic E-state index is 0.142. The third kappa shape index (κ3) is 3.42. The molecule has 0 bridgehead atoms. The van der Waals surface area contributed by atoms with Crippen LogP contribution < -0.4 is 10.0 Å². The minimum Gasteiger partial charge on any atom is -0.439 e. The molecule has 8 heteroatoms. The largest absolute Gasteiger partial charge is 0.439 e. The van der Waals surface area contributed by atoms with Gasteiger partial charge < -0.3 is 9.73 Å². The summed E-state index contributed by atoms with van der Waals surface area (Å²) in [6.07, 6.45) is 0. The fourth-order valence-electron chi connectivity index (χ4n) is 3.59. The van der Waals surface area contributed by atoms with E-state index in [1.807, 2.05) is 24.3 Å². The highest BCUT2D eigenvalue weighted by molar-refractivity contribution is 7.91. The predicted octanol–water partition coefficient (Wildman–Crippen LogP) is 3.85. The summed E-state index contributed by atoms with van der Waals surface area (Å²) in [7, 11) is -3.62. The average molecular weight is 419 g/mol. The zero-order chi connectivity index (χ0) is 20.7. The highest BCUT2D eigenvalue weighted by Crippen LogP contribution is 2.39. The van der Waals surface area contributed by atoms with Gasteiger partial charge in [-0.3, -0.25) is 9.52 Å². The first-order valence-corrected chi connectivity index (χ1v) is 11.0. The molecule has 0 radical (unpaired) electrons. The molecule has 1 amide bonds. The zero-order valence-corrected chi connectivity index (χ0v) is 16.5. The molecule has 4 aromatic rings. The summed E-state index contributed by atoms with van der Waals surface area (Å²) in [5, 5.41) is 2.80. The zero-order valence-electron chi connectivity index (χ0n) is 15.7. The lowest BCUT2D eigenvalue weighted by molar-refractivity contribution is -0.116. The molecule has 1 unspecified atom stereocenters. The Morgan fingerprint density at radius 2 is 1.77 bits per heavy atom. The number of amides is 1. The molecule has 1 atom stereocenters. The maximum Gasteiger partial charge on any atom is 0.241 e. The molecule has 0 saturated heterocycles. The van der Waals surface area contributed by atoms with Gasteiger partial charge in [-0.05, 0) is 41.5 Å². The Kier molecular flexibility index (Phi) is 4.29. The number of rotatable bonds is 5. The van der Waals surface area contributed by atoms with E-state index in [4.69, 9.17) is 4.42 Å². The molecule has 0 aliphatic carbocycles. The maximum atomic E-state index is 12.6. The van der Waals surface area contributed by atoms with E-state index in [1.165, 1.54) is 0 Å². The van der Waals surface area contributed by atoms with Crippen LogP contribution in [0.25, 0.3) is 11.1 Å². The van der Waals surface area contributed by atoms with Crippen molar-refractivity contribution in [1.82, 2.24) is 4.98 Å². The lowest BCUT2D eigenvalue weighted by Crippen LogP contribution is -2.15. The molecular formula is C22H17N3O4S. The van der Waals surface area contributed by atoms with Crippen molar-refractivity contribution in [1.29, 1.82) is 0 Å². The summed E-state index contributed by atoms with van der Waals surface area (Å²) in [5.74, 6) is -0.875. The van der Waals surface area contributed by atoms with Crippen molar-refractivity contribution >= 4 is 38.4 Å². The summed E-state index contributed by atoms with van der Waals surface area (Å²) >= 11 is 0. The van der Waals surface area contributed by atoms with E-state index in [1.54, 1.807) is 48.5 Å². The van der Waals surface area contributed by atoms with Crippen molar-refractivity contribution in [3.8, 4) is 0 Å². The van der Waals surface area contributed by atoms with Gasteiger partial charge in [-0.1, -0.05) is 42.5 Å². The lowest BCUT2D eigenvalue weighted by Gasteiger charge is -2.10. The summed E-state index contributed by atoms with van der Waals surface area (Å²) in [6, 6.07) is 21.2. The van der Waals surface area contributed by atoms with E-state index >= 15 is 0 Å². The number of aromatic nitrogens is 1. The molecule has 7 nitrogen and oxygen atoms in total. The fraction of sp³-hybridized carbons (Fsp3) is 0.0909. The Morgan fingerprint density at radius 1 is 1.00 bits per heavy atom. The van der Waals surface area contributed by atoms with E-state index in [-0.39, 0.29) is 17.6 Å². The Bertz CT molecular complexity index is 1330. The van der Waals surface area contributed by atoms with Gasteiger partial charge in [-0.2, -0.15) is 0 Å². The number of carbonyl (C=O) groups excluding carboxylic acids is 1. The van der Waals surface area contributed by atoms with Gasteiger partial charge in [0.15, 0.2) is 5.58 Å². The Hall–Kier alpha value is -3.65. The second-order valence-electron chi connectivity index (χ2n) is 7.09. The van der Waals surface area contributed by atoms with Gasteiger partial charge in [0.25, 0.3) is 0 Å². The van der Waals surface area contributed by atoms with Crippen LogP contribution in [0.15, 0.2) is 77.2 Å². The third-order valence-electron chi connectivity index (χ3n) is 4.91. The molecule has 2 N–H and O–H groups in total. The number of oxazole rings is 1. The number of sulfonamides is 1. The van der Waals surface area contributed by atoms with Crippen molar-refractivity contribution in [3.05, 3.63) is 89.8 Å². The molecule has 1 aromatic heterocycles. The normalized spacial score (nSPS) is 15.7. The molecule has 1 aliphatic heterocycles. The number of nitrogens with zero attached hydrogens (tertiary/aromatic N) is 1. The monoisotopic (exact) mass is 419 g/mol. The van der Waals surface area contributed by atoms with Gasteiger partial charge in [0, 0.05) is 11.4 Å². The molecule has 0 fully saturated rings. The number of nitrogens with one attached hydrogen (secondary N) is 2. The molecule has 1 aliphatic rings. The van der Waals surface area contributed by atoms with Crippen LogP contribution in [-0.4, -0.2) is 19.3 Å². The topological polar surface area (TPSA) is 101 Å². The van der Waals surface area contributed by atoms with Crippen molar-refractivity contribution in [2.75, 3.05) is 10.0 Å². The van der Waals surface area contributed by atoms with Crippen LogP contribution in [0.5, 0.6) is 0 Å². The number of carbonyl (C=O) groups is 1. The van der Waals surface area contributed by atoms with Crippen molar-refractivity contribution in [2.45, 2.75) is 11.7 Å². The quantitative estimate of drug-likeness (QED) is 0.512. The van der Waals surface area contributed by atoms with Crippen molar-refractivity contribution < 1.29 is 17.6 Å². The molecule has 5 rings (SSSR count). The average Bonchev–Trinajstić information content (AvgIpc) is 3.27. The predicted molar refractivity (Wildman–Crippen MR) is 114 cm³/mol. The van der Waals surface area contributed by atoms with E-state index < -0.39 is 15.9 Å². The number of benzene rings is 3. The van der Waals surface area contributed by atoms with Crippen LogP contribution in [0.3, 0.4) is 0 Å². The van der Waals surface area contributed by atoms with Gasteiger partial charge >= 0.3 is 0 Å². The first-order chi connectivity index (χ1) is 14.5. The second kappa shape index (κ2) is 7.00. The van der Waals surface area contributed by atoms with Crippen LogP contribution in [0, 0.1) is 0 Å². The van der Waals surface area contributed by atoms with Crippen molar-refractivity contribution in [2.24, 2.45) is 0 Å². The fourth-order valence-corrected chi connectivity index (χ4v) is 4.78. The maximum absolute atomic E-state index is 12.6. The van der Waals surface area contributed by atoms with Crippen LogP contribution in [0.2, 0.25) is 0 Å². The van der Waals surface area contributed by atoms with Crippen LogP contribution in [-0.2, 0) is 20.6 Å². The second-order valence-corrected chi connectivity index (χ2v) is 8.81. The first kappa shape index (κ1) is 18.4. The molecule has 2 heterocycles. The summed E-state index contributed by atoms with van der Waals surface area (Å²) < 4.78 is 33.5. The van der Waals surface area contributed by atoms with Gasteiger partial charge in [0.05, 0.1) is 5.75 Å². The standard InChI is InChI=1S/C22H17N3O4S/c26-21-20(22-24-18-8-4-5-9-19(18)29-22)16-12-15(10-11-17(16)23-21)25-30(27,28)13-14-6-2-1-3-7-14/h1-12,20,25H,13H2,(H,23,26). The van der Waals surface area contributed by atoms with Gasteiger partial charge in [0.2, 0.25) is 21.8 Å². The highest BCUT2D eigenvalue weighted by atomic mass is 32.2. The smallest absolute Gasteiger partial charge is 0.241 e. The number of anilines is 2. The number of hydrogen-bond donors (Lipinski definition) is 2. The van der Waals surface area contributed by atoms with E-state index in [2.05, 4.69) is 15.0 Å². The molecular weight excluding hydrogens is 402 g/mol. The summed E-state index contributed by atoms with van der Waals surface area (Å²) in [6.45, 7) is 0. The van der Waals surface area contributed by atoms with E-state index in [9.17, 15) is 13.2 Å². The minimum atomic E-state index is -3.62. The van der Waals surface area contributed by atoms with Crippen LogP contribution in [0.4, 0.5) is 11.4 Å². The molecule has 3 aromatic carbocycles. The van der Waals surface area contributed by atoms with Crippen molar-refractivity contribution in [3.63, 3.8) is 0 Å². The third-order valence-corrected chi connectivity index (χ3v) is 6.17. The number of fused-ring (bicyclic) bond motifs is 2. The van der Waals surface area contributed by atoms with Gasteiger partial charge in [0.1, 0.15) is 11.4 Å². The molecule has 0 spiro atoms. The Labute approximate surface area is 172 Å². The SMILES string of the molecule is O=C1Nc2ccc(NS(=O)(=O)Cc3ccccc3)cc2C1c1nc2ccccc2o1. The van der Waals surface area contributed by atoms with E-state index in [0.29, 0.717) is 33.6 Å². The first-order valence-electron chi connectivity index (χ1n) is 9.33. The molecule has 0 saturated carbocycles. The number of hydrogen-bond acceptors (Lipinski definition) is 5. The van der Waals surface area contributed by atoms with Crippen LogP contribution >= 0.6 is 0 Å². The van der Waals surface area contributed by atoms with E-state index in [0.717, 1.165) is 0 Å². The molecule has 30 heavy (non-hydrogen) atoms. The summed E-state index contributed by atoms with van der Waals surface area (Å²) in [5.41, 5.74) is 3.54. The molecule has 150 valence electrons. The number of para-hydroxylation sites is 2. The van der Waals surface area contributed by atoms with Gasteiger partial charge in [-0.15, -0.1) is 0 Å². The highest BCUT2D eigenvalue weighted by Gasteiger charge is 2.36. The lowest BCUT2D eigenvalue weighted by atomic mass is 10.0. The Balaban J connectivity index is 1.46. The van der Waals surface area contributed by atoms with Crippen LogP contribution in [0.1, 0.15) is 22.9 Å². The summed E-state index contributed by atoms with van der Waals surface area (Å²) in [4.78, 5) is 17.0.